The van der Waals surface area contributed by atoms with Gasteiger partial charge >= 0.3 is 5.69 Å². The van der Waals surface area contributed by atoms with Crippen molar-refractivity contribution >= 4 is 5.82 Å². The standard InChI is InChI=1S/C11H18N4O3/c1-7-5-15(6-8(2)18-7)9-10(16)13(3)11(17)14(4)12-9/h7-8H,5-6H2,1-4H3/t7-,8-/m0/s1. The first kappa shape index (κ1) is 12.8. The average Bonchev–Trinajstić information content (AvgIpc) is 2.30. The maximum absolute atomic E-state index is 12.1. The molecule has 0 unspecified atom stereocenters. The van der Waals surface area contributed by atoms with Crippen molar-refractivity contribution in [2.24, 2.45) is 14.1 Å². The summed E-state index contributed by atoms with van der Waals surface area (Å²) in [6, 6.07) is 0. The normalized spacial score (nSPS) is 24.3. The number of rotatable bonds is 1. The second kappa shape index (κ2) is 4.56. The van der Waals surface area contributed by atoms with E-state index in [1.807, 2.05) is 18.7 Å². The Morgan fingerprint density at radius 1 is 1.17 bits per heavy atom. The van der Waals surface area contributed by atoms with Crippen LogP contribution in [0.1, 0.15) is 13.8 Å². The Morgan fingerprint density at radius 2 is 1.72 bits per heavy atom. The van der Waals surface area contributed by atoms with E-state index in [0.29, 0.717) is 18.9 Å². The molecule has 0 aromatic carbocycles. The zero-order valence-corrected chi connectivity index (χ0v) is 11.1. The monoisotopic (exact) mass is 254 g/mol. The molecule has 0 radical (unpaired) electrons. The summed E-state index contributed by atoms with van der Waals surface area (Å²) < 4.78 is 7.87. The van der Waals surface area contributed by atoms with Crippen molar-refractivity contribution in [3.8, 4) is 0 Å². The molecule has 1 aliphatic heterocycles. The molecule has 0 bridgehead atoms. The van der Waals surface area contributed by atoms with Crippen LogP contribution in [0.15, 0.2) is 9.59 Å². The van der Waals surface area contributed by atoms with Crippen LogP contribution in [0, 0.1) is 0 Å². The van der Waals surface area contributed by atoms with Crippen molar-refractivity contribution in [1.29, 1.82) is 0 Å². The Hall–Kier alpha value is -1.63. The van der Waals surface area contributed by atoms with Crippen molar-refractivity contribution in [1.82, 2.24) is 14.3 Å². The SMILES string of the molecule is C[C@H]1CN(c2nn(C)c(=O)n(C)c2=O)C[C@H](C)O1. The van der Waals surface area contributed by atoms with Gasteiger partial charge in [-0.2, -0.15) is 0 Å². The Morgan fingerprint density at radius 3 is 2.28 bits per heavy atom. The first-order valence-electron chi connectivity index (χ1n) is 5.95. The van der Waals surface area contributed by atoms with E-state index in [1.54, 1.807) is 7.05 Å². The molecule has 1 fully saturated rings. The second-order valence-electron chi connectivity index (χ2n) is 4.76. The van der Waals surface area contributed by atoms with Crippen molar-refractivity contribution < 1.29 is 4.74 Å². The first-order valence-corrected chi connectivity index (χ1v) is 5.95. The van der Waals surface area contributed by atoms with Crippen LogP contribution >= 0.6 is 0 Å². The zero-order chi connectivity index (χ0) is 13.4. The molecule has 7 heteroatoms. The minimum atomic E-state index is -0.418. The summed E-state index contributed by atoms with van der Waals surface area (Å²) in [5.41, 5.74) is -0.780. The maximum atomic E-state index is 12.1. The predicted molar refractivity (Wildman–Crippen MR) is 66.9 cm³/mol. The van der Waals surface area contributed by atoms with Gasteiger partial charge in [0.05, 0.1) is 12.2 Å². The van der Waals surface area contributed by atoms with E-state index < -0.39 is 5.69 Å². The third-order valence-electron chi connectivity index (χ3n) is 3.02. The highest BCUT2D eigenvalue weighted by atomic mass is 16.5. The van der Waals surface area contributed by atoms with Gasteiger partial charge < -0.3 is 9.64 Å². The molecule has 0 spiro atoms. The number of hydrogen-bond acceptors (Lipinski definition) is 5. The summed E-state index contributed by atoms with van der Waals surface area (Å²) >= 11 is 0. The highest BCUT2D eigenvalue weighted by Crippen LogP contribution is 2.14. The number of hydrogen-bond donors (Lipinski definition) is 0. The fraction of sp³-hybridized carbons (Fsp3) is 0.727. The van der Waals surface area contributed by atoms with Crippen LogP contribution in [0.3, 0.4) is 0 Å². The predicted octanol–water partition coefficient (Wildman–Crippen LogP) is -0.907. The molecule has 0 N–H and O–H groups in total. The number of aromatic nitrogens is 3. The van der Waals surface area contributed by atoms with E-state index in [0.717, 1.165) is 4.57 Å². The van der Waals surface area contributed by atoms with Gasteiger partial charge in [-0.1, -0.05) is 0 Å². The fourth-order valence-corrected chi connectivity index (χ4v) is 2.23. The lowest BCUT2D eigenvalue weighted by atomic mass is 10.2. The lowest BCUT2D eigenvalue weighted by molar-refractivity contribution is -0.00567. The number of ether oxygens (including phenoxy) is 1. The number of morpholine rings is 1. The topological polar surface area (TPSA) is 69.4 Å². The summed E-state index contributed by atoms with van der Waals surface area (Å²) in [5.74, 6) is 0.307. The minimum absolute atomic E-state index is 0.0393. The molecule has 2 heterocycles. The number of anilines is 1. The summed E-state index contributed by atoms with van der Waals surface area (Å²) in [6.07, 6.45) is 0.0787. The summed E-state index contributed by atoms with van der Waals surface area (Å²) in [6.45, 7) is 5.11. The van der Waals surface area contributed by atoms with Crippen molar-refractivity contribution in [2.75, 3.05) is 18.0 Å². The molecule has 1 aromatic heterocycles. The van der Waals surface area contributed by atoms with E-state index >= 15 is 0 Å². The third kappa shape index (κ3) is 2.17. The summed E-state index contributed by atoms with van der Waals surface area (Å²) in [4.78, 5) is 25.5. The Kier molecular flexibility index (Phi) is 3.25. The third-order valence-corrected chi connectivity index (χ3v) is 3.02. The largest absolute Gasteiger partial charge is 0.372 e. The minimum Gasteiger partial charge on any atom is -0.372 e. The van der Waals surface area contributed by atoms with Crippen LogP contribution in [-0.2, 0) is 18.8 Å². The lowest BCUT2D eigenvalue weighted by Gasteiger charge is -2.35. The van der Waals surface area contributed by atoms with E-state index in [9.17, 15) is 9.59 Å². The summed E-state index contributed by atoms with van der Waals surface area (Å²) in [5, 5.41) is 4.07. The second-order valence-corrected chi connectivity index (χ2v) is 4.76. The molecule has 18 heavy (non-hydrogen) atoms. The van der Waals surface area contributed by atoms with Gasteiger partial charge in [-0.3, -0.25) is 9.36 Å². The van der Waals surface area contributed by atoms with Crippen molar-refractivity contribution in [3.63, 3.8) is 0 Å². The fourth-order valence-electron chi connectivity index (χ4n) is 2.23. The lowest BCUT2D eigenvalue weighted by Crippen LogP contribution is -2.50. The molecular weight excluding hydrogens is 236 g/mol. The molecule has 2 rings (SSSR count). The van der Waals surface area contributed by atoms with Gasteiger partial charge in [-0.25, -0.2) is 9.48 Å². The van der Waals surface area contributed by atoms with Crippen molar-refractivity contribution in [3.05, 3.63) is 20.8 Å². The molecule has 1 aliphatic rings. The van der Waals surface area contributed by atoms with Gasteiger partial charge in [0.1, 0.15) is 0 Å². The number of aryl methyl sites for hydroxylation is 1. The Labute approximate surface area is 105 Å². The Bertz CT molecular complexity index is 552. The zero-order valence-electron chi connectivity index (χ0n) is 11.1. The molecule has 7 nitrogen and oxygen atoms in total. The highest BCUT2D eigenvalue weighted by molar-refractivity contribution is 5.35. The van der Waals surface area contributed by atoms with Gasteiger partial charge in [0, 0.05) is 27.2 Å². The number of nitrogens with zero attached hydrogens (tertiary/aromatic N) is 4. The van der Waals surface area contributed by atoms with Crippen LogP contribution in [0.4, 0.5) is 5.82 Å². The van der Waals surface area contributed by atoms with Crippen LogP contribution in [0.25, 0.3) is 0 Å². The van der Waals surface area contributed by atoms with Crippen LogP contribution in [0.5, 0.6) is 0 Å². The van der Waals surface area contributed by atoms with Gasteiger partial charge in [0.15, 0.2) is 0 Å². The van der Waals surface area contributed by atoms with Gasteiger partial charge in [-0.15, -0.1) is 5.10 Å². The molecule has 2 atom stereocenters. The van der Waals surface area contributed by atoms with Gasteiger partial charge in [-0.05, 0) is 13.8 Å². The van der Waals surface area contributed by atoms with E-state index in [2.05, 4.69) is 5.10 Å². The molecule has 100 valence electrons. The smallest absolute Gasteiger partial charge is 0.346 e. The van der Waals surface area contributed by atoms with Crippen LogP contribution in [-0.4, -0.2) is 39.6 Å². The van der Waals surface area contributed by atoms with Gasteiger partial charge in [0.2, 0.25) is 5.82 Å². The molecule has 0 aliphatic carbocycles. The van der Waals surface area contributed by atoms with Crippen LogP contribution in [0.2, 0.25) is 0 Å². The van der Waals surface area contributed by atoms with E-state index in [4.69, 9.17) is 4.74 Å². The maximum Gasteiger partial charge on any atom is 0.346 e. The quantitative estimate of drug-likeness (QED) is 0.649. The first-order chi connectivity index (χ1) is 8.40. The highest BCUT2D eigenvalue weighted by Gasteiger charge is 2.26. The molecular formula is C11H18N4O3. The van der Waals surface area contributed by atoms with Gasteiger partial charge in [0.25, 0.3) is 5.56 Å². The van der Waals surface area contributed by atoms with Crippen LogP contribution < -0.4 is 16.1 Å². The Balaban J connectivity index is 2.45. The summed E-state index contributed by atoms with van der Waals surface area (Å²) in [7, 11) is 3.00. The average molecular weight is 254 g/mol. The van der Waals surface area contributed by atoms with E-state index in [-0.39, 0.29) is 17.8 Å². The molecule has 0 saturated carbocycles. The molecule has 1 aromatic rings. The molecule has 0 amide bonds. The van der Waals surface area contributed by atoms with E-state index in [1.165, 1.54) is 11.7 Å². The molecule has 1 saturated heterocycles. The van der Waals surface area contributed by atoms with Crippen molar-refractivity contribution in [2.45, 2.75) is 26.1 Å².